The van der Waals surface area contributed by atoms with Crippen LogP contribution in [-0.2, 0) is 9.53 Å². The van der Waals surface area contributed by atoms with Crippen molar-refractivity contribution in [3.05, 3.63) is 11.8 Å². The number of hydrogen-bond acceptors (Lipinski definition) is 2. The zero-order valence-electron chi connectivity index (χ0n) is 10.00. The molecule has 0 aliphatic carbocycles. The Morgan fingerprint density at radius 2 is 2.44 bits per heavy atom. The summed E-state index contributed by atoms with van der Waals surface area (Å²) in [4.78, 5) is 11.1. The van der Waals surface area contributed by atoms with E-state index in [0.717, 1.165) is 31.4 Å². The summed E-state index contributed by atoms with van der Waals surface area (Å²) in [6, 6.07) is 0. The fraction of sp³-hybridized carbons (Fsp3) is 0.643. The predicted molar refractivity (Wildman–Crippen MR) is 64.8 cm³/mol. The van der Waals surface area contributed by atoms with Crippen LogP contribution in [0.15, 0.2) is 11.8 Å². The minimum Gasteiger partial charge on any atom is -0.495 e. The lowest BCUT2D eigenvalue weighted by atomic mass is 10.0. The average Bonchev–Trinajstić information content (AvgIpc) is 2.30. The van der Waals surface area contributed by atoms with Gasteiger partial charge < -0.3 is 4.74 Å². The Labute approximate surface area is 98.1 Å². The van der Waals surface area contributed by atoms with Gasteiger partial charge in [0.25, 0.3) is 0 Å². The first-order valence-electron chi connectivity index (χ1n) is 6.14. The van der Waals surface area contributed by atoms with Crippen LogP contribution >= 0.6 is 0 Å². The maximum Gasteiger partial charge on any atom is 0.231 e. The third-order valence-corrected chi connectivity index (χ3v) is 2.83. The maximum absolute atomic E-state index is 11.1. The number of terminal acetylenes is 1. The molecule has 1 rings (SSSR count). The zero-order valence-corrected chi connectivity index (χ0v) is 10.00. The van der Waals surface area contributed by atoms with Crippen LogP contribution in [0.4, 0.5) is 0 Å². The highest BCUT2D eigenvalue weighted by Crippen LogP contribution is 2.25. The van der Waals surface area contributed by atoms with Crippen LogP contribution in [0.1, 0.15) is 51.9 Å². The Morgan fingerprint density at radius 1 is 1.62 bits per heavy atom. The Balaban J connectivity index is 2.38. The van der Waals surface area contributed by atoms with Crippen molar-refractivity contribution >= 4 is 5.78 Å². The van der Waals surface area contributed by atoms with Gasteiger partial charge in [0.2, 0.25) is 5.78 Å². The molecule has 0 unspecified atom stereocenters. The molecule has 1 aliphatic heterocycles. The topological polar surface area (TPSA) is 26.3 Å². The molecule has 1 saturated heterocycles. The summed E-state index contributed by atoms with van der Waals surface area (Å²) in [5, 5.41) is 0. The lowest BCUT2D eigenvalue weighted by Crippen LogP contribution is -2.18. The van der Waals surface area contributed by atoms with Gasteiger partial charge in [-0.15, -0.1) is 6.42 Å². The minimum absolute atomic E-state index is 0.288. The van der Waals surface area contributed by atoms with E-state index in [-0.39, 0.29) is 11.9 Å². The molecule has 16 heavy (non-hydrogen) atoms. The van der Waals surface area contributed by atoms with Gasteiger partial charge in [0.05, 0.1) is 6.10 Å². The lowest BCUT2D eigenvalue weighted by molar-refractivity contribution is -0.110. The van der Waals surface area contributed by atoms with Crippen LogP contribution in [0.3, 0.4) is 0 Å². The Bertz CT molecular complexity index is 296. The summed E-state index contributed by atoms with van der Waals surface area (Å²) in [6.07, 6.45) is 14.6. The molecule has 0 aromatic heterocycles. The van der Waals surface area contributed by atoms with E-state index in [0.29, 0.717) is 0 Å². The van der Waals surface area contributed by atoms with Crippen molar-refractivity contribution in [2.24, 2.45) is 0 Å². The van der Waals surface area contributed by atoms with Gasteiger partial charge in [-0.2, -0.15) is 0 Å². The molecule has 0 bridgehead atoms. The monoisotopic (exact) mass is 220 g/mol. The molecule has 88 valence electrons. The van der Waals surface area contributed by atoms with Gasteiger partial charge in [-0.1, -0.05) is 19.8 Å². The molecule has 0 amide bonds. The van der Waals surface area contributed by atoms with Crippen molar-refractivity contribution in [3.63, 3.8) is 0 Å². The van der Waals surface area contributed by atoms with Crippen molar-refractivity contribution in [3.8, 4) is 12.3 Å². The first kappa shape index (κ1) is 12.8. The fourth-order valence-corrected chi connectivity index (χ4v) is 1.96. The fourth-order valence-electron chi connectivity index (χ4n) is 1.96. The summed E-state index contributed by atoms with van der Waals surface area (Å²) < 4.78 is 5.75. The number of ketones is 1. The van der Waals surface area contributed by atoms with Crippen molar-refractivity contribution < 1.29 is 9.53 Å². The van der Waals surface area contributed by atoms with Crippen LogP contribution in [0.2, 0.25) is 0 Å². The van der Waals surface area contributed by atoms with Gasteiger partial charge in [0.15, 0.2) is 0 Å². The Hall–Kier alpha value is -1.23. The summed E-state index contributed by atoms with van der Waals surface area (Å²) >= 11 is 0. The third kappa shape index (κ3) is 4.53. The molecule has 0 spiro atoms. The van der Waals surface area contributed by atoms with E-state index in [4.69, 9.17) is 11.2 Å². The van der Waals surface area contributed by atoms with Crippen LogP contribution in [0, 0.1) is 12.3 Å². The quantitative estimate of drug-likeness (QED) is 0.308. The standard InChI is InChI=1S/C14H20O2/c1-3-5-6-8-13-9-7-10-14(16-13)11-12(15)4-2/h2,11,13H,3,5-10H2,1H3/t13-/m0/s1. The van der Waals surface area contributed by atoms with Crippen LogP contribution in [0.5, 0.6) is 0 Å². The van der Waals surface area contributed by atoms with Crippen LogP contribution < -0.4 is 0 Å². The number of carbonyl (C=O) groups excluding carboxylic acids is 1. The number of unbranched alkanes of at least 4 members (excludes halogenated alkanes) is 2. The number of ether oxygens (including phenoxy) is 1. The largest absolute Gasteiger partial charge is 0.495 e. The summed E-state index contributed by atoms with van der Waals surface area (Å²) in [6.45, 7) is 2.19. The summed E-state index contributed by atoms with van der Waals surface area (Å²) in [5.74, 6) is 2.57. The van der Waals surface area contributed by atoms with Crippen molar-refractivity contribution in [1.29, 1.82) is 0 Å². The second-order valence-electron chi connectivity index (χ2n) is 4.25. The smallest absolute Gasteiger partial charge is 0.231 e. The molecule has 0 saturated carbocycles. The lowest BCUT2D eigenvalue weighted by Gasteiger charge is -2.25. The SMILES string of the molecule is C#CC(=O)C=C1CCC[C@H](CCCCC)O1. The molecule has 0 aromatic rings. The van der Waals surface area contributed by atoms with Gasteiger partial charge >= 0.3 is 0 Å². The van der Waals surface area contributed by atoms with Gasteiger partial charge in [-0.3, -0.25) is 4.79 Å². The molecule has 1 heterocycles. The van der Waals surface area contributed by atoms with E-state index >= 15 is 0 Å². The molecule has 0 aromatic carbocycles. The van der Waals surface area contributed by atoms with Crippen LogP contribution in [0.25, 0.3) is 0 Å². The molecular formula is C14H20O2. The molecular weight excluding hydrogens is 200 g/mol. The first-order valence-corrected chi connectivity index (χ1v) is 6.14. The molecule has 1 fully saturated rings. The first-order chi connectivity index (χ1) is 7.76. The van der Waals surface area contributed by atoms with Crippen molar-refractivity contribution in [2.45, 2.75) is 58.0 Å². The second-order valence-corrected chi connectivity index (χ2v) is 4.25. The van der Waals surface area contributed by atoms with E-state index in [9.17, 15) is 4.79 Å². The molecule has 2 heteroatoms. The summed E-state index contributed by atoms with van der Waals surface area (Å²) in [7, 11) is 0. The van der Waals surface area contributed by atoms with E-state index in [2.05, 4.69) is 12.8 Å². The van der Waals surface area contributed by atoms with Crippen LogP contribution in [-0.4, -0.2) is 11.9 Å². The molecule has 1 aliphatic rings. The average molecular weight is 220 g/mol. The molecule has 0 radical (unpaired) electrons. The third-order valence-electron chi connectivity index (χ3n) is 2.83. The number of rotatable bonds is 5. The number of hydrogen-bond donors (Lipinski definition) is 0. The van der Waals surface area contributed by atoms with E-state index in [1.807, 2.05) is 0 Å². The van der Waals surface area contributed by atoms with E-state index in [1.165, 1.54) is 25.3 Å². The number of carbonyl (C=O) groups is 1. The maximum atomic E-state index is 11.1. The highest BCUT2D eigenvalue weighted by atomic mass is 16.5. The van der Waals surface area contributed by atoms with Gasteiger partial charge in [0.1, 0.15) is 5.76 Å². The van der Waals surface area contributed by atoms with E-state index in [1.54, 1.807) is 0 Å². The van der Waals surface area contributed by atoms with Crippen molar-refractivity contribution in [1.82, 2.24) is 0 Å². The zero-order chi connectivity index (χ0) is 11.8. The number of allylic oxidation sites excluding steroid dienone is 2. The predicted octanol–water partition coefficient (Wildman–Crippen LogP) is 3.22. The Morgan fingerprint density at radius 3 is 3.12 bits per heavy atom. The molecule has 2 nitrogen and oxygen atoms in total. The van der Waals surface area contributed by atoms with Crippen molar-refractivity contribution in [2.75, 3.05) is 0 Å². The highest BCUT2D eigenvalue weighted by molar-refractivity contribution is 6.03. The highest BCUT2D eigenvalue weighted by Gasteiger charge is 2.17. The normalized spacial score (nSPS) is 22.5. The second kappa shape index (κ2) is 7.11. The molecule has 0 N–H and O–H groups in total. The van der Waals surface area contributed by atoms with Gasteiger partial charge in [0, 0.05) is 12.5 Å². The van der Waals surface area contributed by atoms with Gasteiger partial charge in [-0.05, 0) is 31.6 Å². The van der Waals surface area contributed by atoms with E-state index < -0.39 is 0 Å². The Kier molecular flexibility index (Phi) is 5.71. The minimum atomic E-state index is -0.288. The summed E-state index contributed by atoms with van der Waals surface area (Å²) in [5.41, 5.74) is 0. The van der Waals surface area contributed by atoms with Gasteiger partial charge in [-0.25, -0.2) is 0 Å². The molecule has 1 atom stereocenters.